The van der Waals surface area contributed by atoms with Gasteiger partial charge in [-0.05, 0) is 48.7 Å². The highest BCUT2D eigenvalue weighted by Gasteiger charge is 2.13. The number of amides is 1. The molecule has 2 aliphatic rings. The molecule has 5 N–H and O–H groups in total. The number of nitrogens with one attached hydrogen (secondary N) is 5. The molecule has 0 spiro atoms. The second-order valence-electron chi connectivity index (χ2n) is 5.18. The van der Waals surface area contributed by atoms with Crippen LogP contribution in [0.15, 0.2) is 24.3 Å². The number of hydrogen-bond acceptors (Lipinski definition) is 5. The fraction of sp³-hybridized carbons (Fsp3) is 0.400. The molecule has 3 rings (SSSR count). The number of thiocarbonyl (C=S) groups is 2. The molecule has 1 amide bonds. The van der Waals surface area contributed by atoms with Gasteiger partial charge < -0.3 is 20.9 Å². The predicted molar refractivity (Wildman–Crippen MR) is 113 cm³/mol. The topological polar surface area (TPSA) is 80.5 Å². The van der Waals surface area contributed by atoms with E-state index in [0.717, 1.165) is 59.3 Å². The predicted octanol–water partition coefficient (Wildman–Crippen LogP) is 0.969. The number of rotatable bonds is 4. The van der Waals surface area contributed by atoms with Gasteiger partial charge in [0.25, 0.3) is 0 Å². The smallest absolute Gasteiger partial charge is 0.225 e. The zero-order valence-electron chi connectivity index (χ0n) is 13.7. The van der Waals surface area contributed by atoms with Crippen molar-refractivity contribution in [1.82, 2.24) is 21.0 Å². The maximum atomic E-state index is 10.2. The third kappa shape index (κ3) is 7.32. The van der Waals surface area contributed by atoms with Crippen molar-refractivity contribution in [3.63, 3.8) is 0 Å². The lowest BCUT2D eigenvalue weighted by Gasteiger charge is -2.29. The first kappa shape index (κ1) is 19.5. The summed E-state index contributed by atoms with van der Waals surface area (Å²) in [6.45, 7) is 3.97. The molecule has 0 bridgehead atoms. The highest BCUT2D eigenvalue weighted by molar-refractivity contribution is 7.99. The van der Waals surface area contributed by atoms with Gasteiger partial charge in [0.05, 0.1) is 5.69 Å². The largest absolute Gasteiger partial charge is 0.361 e. The highest BCUT2D eigenvalue weighted by atomic mass is 32.2. The van der Waals surface area contributed by atoms with Gasteiger partial charge in [-0.25, -0.2) is 0 Å². The molecule has 25 heavy (non-hydrogen) atoms. The first-order valence-corrected chi connectivity index (χ1v) is 9.87. The summed E-state index contributed by atoms with van der Waals surface area (Å²) in [5, 5.41) is 10.7. The van der Waals surface area contributed by atoms with Crippen molar-refractivity contribution in [3.8, 4) is 0 Å². The van der Waals surface area contributed by atoms with Gasteiger partial charge in [-0.2, -0.15) is 11.8 Å². The molecule has 1 aromatic carbocycles. The molecule has 0 saturated carbocycles. The Morgan fingerprint density at radius 2 is 1.72 bits per heavy atom. The molecule has 2 saturated heterocycles. The van der Waals surface area contributed by atoms with Crippen molar-refractivity contribution < 1.29 is 4.79 Å². The number of thioether (sulfide) groups is 1. The molecule has 0 aromatic heterocycles. The second kappa shape index (κ2) is 11.0. The van der Waals surface area contributed by atoms with Crippen molar-refractivity contribution in [2.24, 2.45) is 0 Å². The molecule has 136 valence electrons. The quantitative estimate of drug-likeness (QED) is 0.290. The molecule has 2 heterocycles. The molecular weight excluding hydrogens is 376 g/mol. The maximum absolute atomic E-state index is 10.2. The van der Waals surface area contributed by atoms with Crippen LogP contribution < -0.4 is 26.8 Å². The van der Waals surface area contributed by atoms with Crippen molar-refractivity contribution in [3.05, 3.63) is 24.3 Å². The minimum Gasteiger partial charge on any atom is -0.361 e. The molecule has 7 nitrogen and oxygen atoms in total. The minimum absolute atomic E-state index is 0.593. The molecule has 10 heteroatoms. The number of carbonyl (C=O) groups excluding carboxylic acids is 1. The van der Waals surface area contributed by atoms with Crippen LogP contribution in [0, 0.1) is 0 Å². The summed E-state index contributed by atoms with van der Waals surface area (Å²) in [7, 11) is 0. The van der Waals surface area contributed by atoms with Crippen LogP contribution in [0.5, 0.6) is 0 Å². The SMILES string of the molecule is O=CNNc1ccc(NC(=S)N2CCSCC2)cc1.S=C1NCCN1. The molecule has 2 fully saturated rings. The van der Waals surface area contributed by atoms with E-state index in [-0.39, 0.29) is 0 Å². The normalized spacial score (nSPS) is 15.8. The third-order valence-electron chi connectivity index (χ3n) is 3.41. The number of hydrogen-bond donors (Lipinski definition) is 5. The van der Waals surface area contributed by atoms with E-state index in [9.17, 15) is 4.79 Å². The summed E-state index contributed by atoms with van der Waals surface area (Å²) in [5.41, 5.74) is 6.90. The monoisotopic (exact) mass is 398 g/mol. The molecular formula is C15H22N6OS3. The lowest BCUT2D eigenvalue weighted by molar-refractivity contribution is -0.109. The summed E-state index contributed by atoms with van der Waals surface area (Å²) in [6.07, 6.45) is 0.593. The lowest BCUT2D eigenvalue weighted by atomic mass is 10.3. The lowest BCUT2D eigenvalue weighted by Crippen LogP contribution is -2.40. The molecule has 0 aliphatic carbocycles. The molecule has 2 aliphatic heterocycles. The number of anilines is 2. The standard InChI is InChI=1S/C12H16N4OS2.C3H6N2S/c17-9-13-15-11-3-1-10(2-4-11)14-12(18)16-5-7-19-8-6-16;6-3-4-1-2-5-3/h1-4,9,15H,5-8H2,(H,13,17)(H,14,18);1-2H2,(H2,4,5,6). The van der Waals surface area contributed by atoms with Gasteiger partial charge in [-0.3, -0.25) is 15.6 Å². The van der Waals surface area contributed by atoms with Crippen LogP contribution in [-0.2, 0) is 4.79 Å². The van der Waals surface area contributed by atoms with Gasteiger partial charge in [0.1, 0.15) is 0 Å². The maximum Gasteiger partial charge on any atom is 0.225 e. The first-order chi connectivity index (χ1) is 12.2. The van der Waals surface area contributed by atoms with Crippen LogP contribution in [0.2, 0.25) is 0 Å². The Balaban J connectivity index is 0.000000316. The summed E-state index contributed by atoms with van der Waals surface area (Å²) in [6, 6.07) is 7.57. The van der Waals surface area contributed by atoms with Crippen molar-refractivity contribution in [2.75, 3.05) is 48.4 Å². The van der Waals surface area contributed by atoms with Crippen LogP contribution in [0.4, 0.5) is 11.4 Å². The van der Waals surface area contributed by atoms with Gasteiger partial charge >= 0.3 is 0 Å². The van der Waals surface area contributed by atoms with E-state index in [1.54, 1.807) is 0 Å². The van der Waals surface area contributed by atoms with Crippen molar-refractivity contribution >= 4 is 64.2 Å². The Kier molecular flexibility index (Phi) is 8.56. The zero-order valence-corrected chi connectivity index (χ0v) is 16.2. The van der Waals surface area contributed by atoms with Crippen LogP contribution in [0.1, 0.15) is 0 Å². The first-order valence-electron chi connectivity index (χ1n) is 7.89. The average Bonchev–Trinajstić information content (AvgIpc) is 3.13. The van der Waals surface area contributed by atoms with Gasteiger partial charge in [0.2, 0.25) is 6.41 Å². The van der Waals surface area contributed by atoms with E-state index in [1.165, 1.54) is 0 Å². The number of hydrazine groups is 1. The Morgan fingerprint density at radius 1 is 1.12 bits per heavy atom. The summed E-state index contributed by atoms with van der Waals surface area (Å²) in [5.74, 6) is 2.25. The van der Waals surface area contributed by atoms with E-state index in [0.29, 0.717) is 6.41 Å². The number of benzene rings is 1. The molecule has 0 unspecified atom stereocenters. The molecule has 0 radical (unpaired) electrons. The summed E-state index contributed by atoms with van der Waals surface area (Å²) in [4.78, 5) is 12.3. The Hall–Kier alpha value is -1.78. The second-order valence-corrected chi connectivity index (χ2v) is 7.20. The van der Waals surface area contributed by atoms with E-state index < -0.39 is 0 Å². The van der Waals surface area contributed by atoms with Gasteiger partial charge in [-0.15, -0.1) is 0 Å². The van der Waals surface area contributed by atoms with E-state index >= 15 is 0 Å². The van der Waals surface area contributed by atoms with E-state index in [1.807, 2.05) is 36.0 Å². The van der Waals surface area contributed by atoms with Gasteiger partial charge in [0, 0.05) is 43.4 Å². The van der Waals surface area contributed by atoms with E-state index in [4.69, 9.17) is 24.4 Å². The van der Waals surface area contributed by atoms with Crippen LogP contribution in [0.3, 0.4) is 0 Å². The molecule has 1 aromatic rings. The fourth-order valence-electron chi connectivity index (χ4n) is 2.13. The zero-order chi connectivity index (χ0) is 17.9. The summed E-state index contributed by atoms with van der Waals surface area (Å²) >= 11 is 12.0. The number of carbonyl (C=O) groups is 1. The van der Waals surface area contributed by atoms with E-state index in [2.05, 4.69) is 31.7 Å². The van der Waals surface area contributed by atoms with Crippen LogP contribution in [-0.4, -0.2) is 59.2 Å². The minimum atomic E-state index is 0.593. The Bertz CT molecular complexity index is 569. The Morgan fingerprint density at radius 3 is 2.24 bits per heavy atom. The van der Waals surface area contributed by atoms with Gasteiger partial charge in [-0.1, -0.05) is 0 Å². The fourth-order valence-corrected chi connectivity index (χ4v) is 3.54. The Labute approximate surface area is 162 Å². The van der Waals surface area contributed by atoms with Crippen LogP contribution in [0.25, 0.3) is 0 Å². The highest BCUT2D eigenvalue weighted by Crippen LogP contribution is 2.15. The third-order valence-corrected chi connectivity index (χ3v) is 5.00. The average molecular weight is 399 g/mol. The summed E-state index contributed by atoms with van der Waals surface area (Å²) < 4.78 is 0. The van der Waals surface area contributed by atoms with Crippen molar-refractivity contribution in [1.29, 1.82) is 0 Å². The number of nitrogens with zero attached hydrogens (tertiary/aromatic N) is 1. The van der Waals surface area contributed by atoms with Crippen LogP contribution >= 0.6 is 36.2 Å². The molecule has 0 atom stereocenters. The van der Waals surface area contributed by atoms with Crippen molar-refractivity contribution in [2.45, 2.75) is 0 Å². The van der Waals surface area contributed by atoms with Gasteiger partial charge in [0.15, 0.2) is 10.2 Å².